The molecule has 0 bridgehead atoms. The number of amides is 1. The van der Waals surface area contributed by atoms with Gasteiger partial charge in [0.05, 0.1) is 5.92 Å². The minimum absolute atomic E-state index is 0.185. The molecule has 3 nitrogen and oxygen atoms in total. The summed E-state index contributed by atoms with van der Waals surface area (Å²) in [5, 5.41) is 6.59. The maximum absolute atomic E-state index is 12.1. The van der Waals surface area contributed by atoms with Crippen molar-refractivity contribution in [3.63, 3.8) is 0 Å². The zero-order valence-electron chi connectivity index (χ0n) is 11.4. The summed E-state index contributed by atoms with van der Waals surface area (Å²) in [5.41, 5.74) is 0.476. The minimum Gasteiger partial charge on any atom is -0.353 e. The summed E-state index contributed by atoms with van der Waals surface area (Å²) in [6, 6.07) is 0.762. The van der Waals surface area contributed by atoms with Crippen molar-refractivity contribution >= 4 is 5.91 Å². The second-order valence-corrected chi connectivity index (χ2v) is 6.59. The Morgan fingerprint density at radius 1 is 1.24 bits per heavy atom. The third-order valence-electron chi connectivity index (χ3n) is 4.55. The molecule has 1 heterocycles. The Morgan fingerprint density at radius 3 is 2.41 bits per heavy atom. The van der Waals surface area contributed by atoms with Crippen molar-refractivity contribution in [1.82, 2.24) is 10.6 Å². The highest BCUT2D eigenvalue weighted by Gasteiger charge is 2.32. The standard InChI is InChI=1S/C14H26N2O/c1-10-12(6-9-15-10)13(17)16-11-4-7-14(2,3)8-5-11/h10-12,15H,4-9H2,1-3H3,(H,16,17). The molecule has 2 aliphatic rings. The maximum atomic E-state index is 12.1. The molecule has 2 fully saturated rings. The molecule has 1 aliphatic heterocycles. The molecule has 2 unspecified atom stereocenters. The van der Waals surface area contributed by atoms with E-state index < -0.39 is 0 Å². The Labute approximate surface area is 105 Å². The van der Waals surface area contributed by atoms with E-state index in [1.807, 2.05) is 0 Å². The van der Waals surface area contributed by atoms with Gasteiger partial charge in [-0.1, -0.05) is 13.8 Å². The topological polar surface area (TPSA) is 41.1 Å². The van der Waals surface area contributed by atoms with Gasteiger partial charge in [0, 0.05) is 12.1 Å². The van der Waals surface area contributed by atoms with Gasteiger partial charge in [-0.2, -0.15) is 0 Å². The predicted molar refractivity (Wildman–Crippen MR) is 69.8 cm³/mol. The van der Waals surface area contributed by atoms with Crippen LogP contribution in [0.1, 0.15) is 52.9 Å². The van der Waals surface area contributed by atoms with E-state index in [1.54, 1.807) is 0 Å². The number of carbonyl (C=O) groups excluding carboxylic acids is 1. The summed E-state index contributed by atoms with van der Waals surface area (Å²) in [4.78, 5) is 12.1. The molecule has 0 aromatic rings. The second kappa shape index (κ2) is 4.97. The van der Waals surface area contributed by atoms with Gasteiger partial charge in [-0.3, -0.25) is 4.79 Å². The largest absolute Gasteiger partial charge is 0.353 e. The van der Waals surface area contributed by atoms with Gasteiger partial charge in [0.15, 0.2) is 0 Å². The molecule has 17 heavy (non-hydrogen) atoms. The van der Waals surface area contributed by atoms with Crippen LogP contribution in [0.4, 0.5) is 0 Å². The van der Waals surface area contributed by atoms with Gasteiger partial charge in [-0.05, 0) is 51.0 Å². The Balaban J connectivity index is 1.80. The molecule has 2 rings (SSSR count). The highest BCUT2D eigenvalue weighted by molar-refractivity contribution is 5.80. The number of rotatable bonds is 2. The highest BCUT2D eigenvalue weighted by Crippen LogP contribution is 2.35. The molecule has 0 spiro atoms. The van der Waals surface area contributed by atoms with Gasteiger partial charge in [0.25, 0.3) is 0 Å². The lowest BCUT2D eigenvalue weighted by Gasteiger charge is -2.35. The van der Waals surface area contributed by atoms with E-state index in [1.165, 1.54) is 12.8 Å². The first-order valence-corrected chi connectivity index (χ1v) is 7.02. The maximum Gasteiger partial charge on any atom is 0.224 e. The van der Waals surface area contributed by atoms with Crippen molar-refractivity contribution in [2.75, 3.05) is 6.54 Å². The van der Waals surface area contributed by atoms with Gasteiger partial charge in [0.1, 0.15) is 0 Å². The van der Waals surface area contributed by atoms with E-state index in [4.69, 9.17) is 0 Å². The highest BCUT2D eigenvalue weighted by atomic mass is 16.2. The molecule has 0 aromatic heterocycles. The molecule has 1 saturated heterocycles. The normalized spacial score (nSPS) is 33.6. The molecule has 1 aliphatic carbocycles. The molecule has 98 valence electrons. The SMILES string of the molecule is CC1NCCC1C(=O)NC1CCC(C)(C)CC1. The zero-order chi connectivity index (χ0) is 12.5. The van der Waals surface area contributed by atoms with Gasteiger partial charge in [0.2, 0.25) is 5.91 Å². The number of hydrogen-bond donors (Lipinski definition) is 2. The zero-order valence-corrected chi connectivity index (χ0v) is 11.4. The van der Waals surface area contributed by atoms with Crippen LogP contribution in [0.25, 0.3) is 0 Å². The van der Waals surface area contributed by atoms with E-state index in [2.05, 4.69) is 31.4 Å². The van der Waals surface area contributed by atoms with Crippen LogP contribution in [0.5, 0.6) is 0 Å². The van der Waals surface area contributed by atoms with Gasteiger partial charge < -0.3 is 10.6 Å². The lowest BCUT2D eigenvalue weighted by molar-refractivity contribution is -0.126. The fourth-order valence-corrected chi connectivity index (χ4v) is 3.07. The summed E-state index contributed by atoms with van der Waals surface area (Å²) >= 11 is 0. The molecular formula is C14H26N2O. The Morgan fingerprint density at radius 2 is 1.88 bits per heavy atom. The fourth-order valence-electron chi connectivity index (χ4n) is 3.07. The Kier molecular flexibility index (Phi) is 3.76. The van der Waals surface area contributed by atoms with Crippen molar-refractivity contribution < 1.29 is 4.79 Å². The van der Waals surface area contributed by atoms with E-state index >= 15 is 0 Å². The minimum atomic E-state index is 0.185. The van der Waals surface area contributed by atoms with Crippen molar-refractivity contribution in [3.8, 4) is 0 Å². The first-order chi connectivity index (χ1) is 7.98. The molecule has 1 amide bonds. The van der Waals surface area contributed by atoms with Crippen LogP contribution < -0.4 is 10.6 Å². The molecule has 0 aromatic carbocycles. The van der Waals surface area contributed by atoms with Crippen LogP contribution >= 0.6 is 0 Å². The van der Waals surface area contributed by atoms with E-state index in [9.17, 15) is 4.79 Å². The van der Waals surface area contributed by atoms with E-state index in [-0.39, 0.29) is 11.8 Å². The van der Waals surface area contributed by atoms with Gasteiger partial charge >= 0.3 is 0 Å². The molecule has 2 atom stereocenters. The molecule has 2 N–H and O–H groups in total. The average molecular weight is 238 g/mol. The summed E-state index contributed by atoms with van der Waals surface area (Å²) in [6.45, 7) is 7.75. The fraction of sp³-hybridized carbons (Fsp3) is 0.929. The summed E-state index contributed by atoms with van der Waals surface area (Å²) in [7, 11) is 0. The molecule has 0 radical (unpaired) electrons. The van der Waals surface area contributed by atoms with Crippen LogP contribution in [-0.2, 0) is 4.79 Å². The summed E-state index contributed by atoms with van der Waals surface area (Å²) in [6.07, 6.45) is 5.75. The lowest BCUT2D eigenvalue weighted by Crippen LogP contribution is -2.44. The van der Waals surface area contributed by atoms with E-state index in [0.717, 1.165) is 25.8 Å². The monoisotopic (exact) mass is 238 g/mol. The smallest absolute Gasteiger partial charge is 0.224 e. The van der Waals surface area contributed by atoms with Crippen LogP contribution in [0, 0.1) is 11.3 Å². The quantitative estimate of drug-likeness (QED) is 0.773. The third-order valence-corrected chi connectivity index (χ3v) is 4.55. The van der Waals surface area contributed by atoms with Crippen molar-refractivity contribution in [3.05, 3.63) is 0 Å². The van der Waals surface area contributed by atoms with Crippen LogP contribution in [0.2, 0.25) is 0 Å². The van der Waals surface area contributed by atoms with E-state index in [0.29, 0.717) is 17.5 Å². The van der Waals surface area contributed by atoms with Crippen molar-refractivity contribution in [2.24, 2.45) is 11.3 Å². The third kappa shape index (κ3) is 3.21. The van der Waals surface area contributed by atoms with Crippen molar-refractivity contribution in [2.45, 2.75) is 65.0 Å². The number of hydrogen-bond acceptors (Lipinski definition) is 2. The molecule has 1 saturated carbocycles. The average Bonchev–Trinajstić information content (AvgIpc) is 2.68. The van der Waals surface area contributed by atoms with Crippen molar-refractivity contribution in [1.29, 1.82) is 0 Å². The summed E-state index contributed by atoms with van der Waals surface area (Å²) < 4.78 is 0. The number of carbonyl (C=O) groups is 1. The first-order valence-electron chi connectivity index (χ1n) is 7.02. The number of nitrogens with one attached hydrogen (secondary N) is 2. The lowest BCUT2D eigenvalue weighted by atomic mass is 9.75. The molecular weight excluding hydrogens is 212 g/mol. The second-order valence-electron chi connectivity index (χ2n) is 6.59. The van der Waals surface area contributed by atoms with Gasteiger partial charge in [-0.25, -0.2) is 0 Å². The van der Waals surface area contributed by atoms with Gasteiger partial charge in [-0.15, -0.1) is 0 Å². The summed E-state index contributed by atoms with van der Waals surface area (Å²) in [5.74, 6) is 0.456. The molecule has 3 heteroatoms. The first kappa shape index (κ1) is 12.9. The predicted octanol–water partition coefficient (Wildman–Crippen LogP) is 2.07. The van der Waals surface area contributed by atoms with Crippen LogP contribution in [0.3, 0.4) is 0 Å². The Hall–Kier alpha value is -0.570. The Bertz CT molecular complexity index is 278. The van der Waals surface area contributed by atoms with Crippen LogP contribution in [0.15, 0.2) is 0 Å². The van der Waals surface area contributed by atoms with Crippen LogP contribution in [-0.4, -0.2) is 24.5 Å².